The number of hydrogen-bond donors (Lipinski definition) is 1. The highest BCUT2D eigenvalue weighted by Crippen LogP contribution is 2.26. The molecule has 1 atom stereocenters. The van der Waals surface area contributed by atoms with E-state index in [1.807, 2.05) is 12.1 Å². The van der Waals surface area contributed by atoms with Crippen molar-refractivity contribution >= 4 is 39.1 Å². The van der Waals surface area contributed by atoms with Crippen molar-refractivity contribution in [2.75, 3.05) is 18.0 Å². The maximum atomic E-state index is 14.0. The van der Waals surface area contributed by atoms with Gasteiger partial charge in [0.1, 0.15) is 18.3 Å². The Morgan fingerprint density at radius 3 is 2.20 bits per heavy atom. The second-order valence-electron chi connectivity index (χ2n) is 10.2. The molecule has 0 heterocycles. The van der Waals surface area contributed by atoms with E-state index in [1.165, 1.54) is 17.0 Å². The van der Waals surface area contributed by atoms with Crippen LogP contribution in [0.25, 0.3) is 0 Å². The summed E-state index contributed by atoms with van der Waals surface area (Å²) >= 11 is 6.08. The molecule has 1 aliphatic carbocycles. The van der Waals surface area contributed by atoms with E-state index in [-0.39, 0.29) is 29.1 Å². The van der Waals surface area contributed by atoms with Crippen molar-refractivity contribution in [1.82, 2.24) is 10.2 Å². The molecule has 1 saturated carbocycles. The zero-order valence-electron chi connectivity index (χ0n) is 23.3. The number of carbonyl (C=O) groups is 2. The van der Waals surface area contributed by atoms with Crippen molar-refractivity contribution in [2.24, 2.45) is 0 Å². The van der Waals surface area contributed by atoms with Crippen molar-refractivity contribution in [2.45, 2.75) is 62.6 Å². The molecule has 41 heavy (non-hydrogen) atoms. The van der Waals surface area contributed by atoms with Crippen molar-refractivity contribution in [3.63, 3.8) is 0 Å². The van der Waals surface area contributed by atoms with Gasteiger partial charge in [0.05, 0.1) is 17.7 Å². The molecule has 0 radical (unpaired) electrons. The topological polar surface area (TPSA) is 96.0 Å². The van der Waals surface area contributed by atoms with Gasteiger partial charge in [-0.15, -0.1) is 0 Å². The number of nitrogens with one attached hydrogen (secondary N) is 1. The first-order valence-electron chi connectivity index (χ1n) is 13.7. The Morgan fingerprint density at radius 2 is 1.59 bits per heavy atom. The molecule has 0 saturated heterocycles. The number of halogens is 1. The van der Waals surface area contributed by atoms with Crippen molar-refractivity contribution < 1.29 is 22.7 Å². The molecule has 3 aromatic carbocycles. The normalized spacial score (nSPS) is 14.6. The van der Waals surface area contributed by atoms with Gasteiger partial charge in [-0.25, -0.2) is 8.42 Å². The minimum Gasteiger partial charge on any atom is -0.497 e. The summed E-state index contributed by atoms with van der Waals surface area (Å²) in [5.41, 5.74) is 1.07. The monoisotopic (exact) mass is 597 g/mol. The molecular weight excluding hydrogens is 562 g/mol. The van der Waals surface area contributed by atoms with Crippen LogP contribution in [0.5, 0.6) is 5.75 Å². The van der Waals surface area contributed by atoms with Crippen LogP contribution in [0.1, 0.15) is 44.6 Å². The molecule has 1 aliphatic rings. The highest BCUT2D eigenvalue weighted by atomic mass is 35.5. The number of hydrogen-bond acceptors (Lipinski definition) is 5. The summed E-state index contributed by atoms with van der Waals surface area (Å²) in [6.45, 7) is 1.29. The van der Waals surface area contributed by atoms with Crippen LogP contribution in [-0.4, -0.2) is 50.9 Å². The first-order valence-corrected chi connectivity index (χ1v) is 15.6. The zero-order valence-corrected chi connectivity index (χ0v) is 24.9. The fourth-order valence-corrected chi connectivity index (χ4v) is 6.50. The Bertz CT molecular complexity index is 1410. The van der Waals surface area contributed by atoms with Gasteiger partial charge in [0, 0.05) is 17.6 Å². The summed E-state index contributed by atoms with van der Waals surface area (Å²) in [6, 6.07) is 20.7. The van der Waals surface area contributed by atoms with Crippen LogP contribution in [0.2, 0.25) is 5.02 Å². The fraction of sp³-hybridized carbons (Fsp3) is 0.355. The number of methoxy groups -OCH3 is 1. The lowest BCUT2D eigenvalue weighted by Gasteiger charge is -2.33. The van der Waals surface area contributed by atoms with Gasteiger partial charge in [0.2, 0.25) is 11.8 Å². The van der Waals surface area contributed by atoms with Gasteiger partial charge >= 0.3 is 0 Å². The summed E-state index contributed by atoms with van der Waals surface area (Å²) in [7, 11) is -2.55. The fourth-order valence-electron chi connectivity index (χ4n) is 4.93. The van der Waals surface area contributed by atoms with Gasteiger partial charge in [0.15, 0.2) is 0 Å². The summed E-state index contributed by atoms with van der Waals surface area (Å²) in [5.74, 6) is -0.109. The number of benzene rings is 3. The Morgan fingerprint density at radius 1 is 0.951 bits per heavy atom. The number of anilines is 1. The van der Waals surface area contributed by atoms with Crippen LogP contribution in [-0.2, 0) is 26.2 Å². The van der Waals surface area contributed by atoms with Gasteiger partial charge in [-0.2, -0.15) is 0 Å². The van der Waals surface area contributed by atoms with E-state index in [4.69, 9.17) is 16.3 Å². The lowest BCUT2D eigenvalue weighted by Crippen LogP contribution is -2.53. The van der Waals surface area contributed by atoms with Crippen molar-refractivity contribution in [3.8, 4) is 5.75 Å². The Hall–Kier alpha value is -3.56. The predicted molar refractivity (Wildman–Crippen MR) is 160 cm³/mol. The van der Waals surface area contributed by atoms with Crippen molar-refractivity contribution in [1.29, 1.82) is 0 Å². The lowest BCUT2D eigenvalue weighted by molar-refractivity contribution is -0.139. The second kappa shape index (κ2) is 13.9. The number of carbonyl (C=O) groups excluding carboxylic acids is 2. The highest BCUT2D eigenvalue weighted by Gasteiger charge is 2.33. The maximum absolute atomic E-state index is 14.0. The smallest absolute Gasteiger partial charge is 0.264 e. The molecule has 0 unspecified atom stereocenters. The summed E-state index contributed by atoms with van der Waals surface area (Å²) < 4.78 is 33.9. The molecular formula is C31H36ClN3O5S. The summed E-state index contributed by atoms with van der Waals surface area (Å²) in [6.07, 6.45) is 5.08. The number of rotatable bonds is 11. The van der Waals surface area contributed by atoms with E-state index < -0.39 is 28.5 Å². The third-order valence-electron chi connectivity index (χ3n) is 7.36. The van der Waals surface area contributed by atoms with Crippen LogP contribution in [0, 0.1) is 0 Å². The molecule has 10 heteroatoms. The van der Waals surface area contributed by atoms with E-state index in [0.29, 0.717) is 10.8 Å². The molecule has 1 N–H and O–H groups in total. The Balaban J connectivity index is 1.65. The minimum absolute atomic E-state index is 0.0487. The van der Waals surface area contributed by atoms with Crippen molar-refractivity contribution in [3.05, 3.63) is 89.4 Å². The molecule has 3 aromatic rings. The Kier molecular flexibility index (Phi) is 10.3. The number of ether oxygens (including phenoxy) is 1. The first-order chi connectivity index (χ1) is 19.7. The number of nitrogens with zero attached hydrogens (tertiary/aromatic N) is 2. The molecule has 0 aliphatic heterocycles. The van der Waals surface area contributed by atoms with Gasteiger partial charge < -0.3 is 15.0 Å². The quantitative estimate of drug-likeness (QED) is 0.319. The van der Waals surface area contributed by atoms with Gasteiger partial charge in [-0.1, -0.05) is 61.2 Å². The van der Waals surface area contributed by atoms with E-state index in [9.17, 15) is 18.0 Å². The second-order valence-corrected chi connectivity index (χ2v) is 12.5. The molecule has 0 spiro atoms. The molecule has 218 valence electrons. The van der Waals surface area contributed by atoms with E-state index >= 15 is 0 Å². The Labute approximate surface area is 247 Å². The molecule has 0 bridgehead atoms. The SMILES string of the molecule is COc1ccc(CN(C(=O)CN(c2ccc(Cl)cc2)S(=O)(=O)c2ccccc2)[C@H](C)C(=O)NC2CCCCC2)cc1. The minimum atomic E-state index is -4.12. The molecule has 2 amide bonds. The van der Waals surface area contributed by atoms with Gasteiger partial charge in [-0.3, -0.25) is 13.9 Å². The summed E-state index contributed by atoms with van der Waals surface area (Å²) in [4.78, 5) is 28.9. The predicted octanol–water partition coefficient (Wildman–Crippen LogP) is 5.41. The van der Waals surface area contributed by atoms with Crippen LogP contribution >= 0.6 is 11.6 Å². The maximum Gasteiger partial charge on any atom is 0.264 e. The molecule has 4 rings (SSSR count). The van der Waals surface area contributed by atoms with E-state index in [1.54, 1.807) is 68.6 Å². The average molecular weight is 598 g/mol. The number of sulfonamides is 1. The van der Waals surface area contributed by atoms with Crippen LogP contribution in [0.3, 0.4) is 0 Å². The van der Waals surface area contributed by atoms with E-state index in [2.05, 4.69) is 5.32 Å². The largest absolute Gasteiger partial charge is 0.497 e. The number of amides is 2. The zero-order chi connectivity index (χ0) is 29.4. The lowest BCUT2D eigenvalue weighted by atomic mass is 9.95. The van der Waals surface area contributed by atoms with Gasteiger partial charge in [-0.05, 0) is 73.9 Å². The average Bonchev–Trinajstić information content (AvgIpc) is 3.00. The third-order valence-corrected chi connectivity index (χ3v) is 9.40. The van der Waals surface area contributed by atoms with Crippen LogP contribution in [0.4, 0.5) is 5.69 Å². The van der Waals surface area contributed by atoms with Gasteiger partial charge in [0.25, 0.3) is 10.0 Å². The standard InChI is InChI=1S/C31H36ClN3O5S/c1-23(31(37)33-26-9-5-3-6-10-26)34(21-24-13-19-28(40-2)20-14-24)30(36)22-35(27-17-15-25(32)16-18-27)41(38,39)29-11-7-4-8-12-29/h4,7-8,11-20,23,26H,3,5-6,9-10,21-22H2,1-2H3,(H,33,37)/t23-/m1/s1. The van der Waals surface area contributed by atoms with Crippen LogP contribution < -0.4 is 14.4 Å². The molecule has 1 fully saturated rings. The first kappa shape index (κ1) is 30.4. The molecule has 0 aromatic heterocycles. The summed E-state index contributed by atoms with van der Waals surface area (Å²) in [5, 5.41) is 3.54. The van der Waals surface area contributed by atoms with Crippen LogP contribution in [0.15, 0.2) is 83.8 Å². The highest BCUT2D eigenvalue weighted by molar-refractivity contribution is 7.92. The van der Waals surface area contributed by atoms with E-state index in [0.717, 1.165) is 42.0 Å². The molecule has 8 nitrogen and oxygen atoms in total. The third kappa shape index (κ3) is 7.80.